The number of carbonyl (C=O) groups is 2. The van der Waals surface area contributed by atoms with Crippen molar-refractivity contribution in [3.05, 3.63) is 29.3 Å². The van der Waals surface area contributed by atoms with Gasteiger partial charge in [0.15, 0.2) is 12.2 Å². The summed E-state index contributed by atoms with van der Waals surface area (Å²) < 4.78 is 0. The quantitative estimate of drug-likeness (QED) is 0.389. The normalized spacial score (nSPS) is 27.2. The first-order chi connectivity index (χ1) is 13.7. The van der Waals surface area contributed by atoms with Crippen molar-refractivity contribution in [1.29, 1.82) is 0 Å². The molecule has 1 aromatic carbocycles. The van der Waals surface area contributed by atoms with E-state index in [1.54, 1.807) is 0 Å². The molecule has 11 heteroatoms. The fraction of sp³-hybridized carbons (Fsp3) is 0.619. The number of hydrogen-bond acceptors (Lipinski definition) is 6. The zero-order valence-corrected chi connectivity index (χ0v) is 18.7. The lowest BCUT2D eigenvalue weighted by Gasteiger charge is -2.58. The third-order valence-electron chi connectivity index (χ3n) is 6.90. The zero-order chi connectivity index (χ0) is 21.3. The monoisotopic (exact) mass is 479 g/mol. The van der Waals surface area contributed by atoms with Crippen molar-refractivity contribution >= 4 is 24.3 Å². The van der Waals surface area contributed by atoms with Crippen LogP contribution in [0.1, 0.15) is 43.2 Å². The summed E-state index contributed by atoms with van der Waals surface area (Å²) in [6.07, 6.45) is 3.39. The number of nitrogens with zero attached hydrogens (tertiary/aromatic N) is 1. The summed E-state index contributed by atoms with van der Waals surface area (Å²) in [5.74, 6) is -2.27. The molecule has 10 nitrogen and oxygen atoms in total. The van der Waals surface area contributed by atoms with Gasteiger partial charge in [0.2, 0.25) is 0 Å². The number of carboxylic acid groups (broad SMARTS) is 2. The van der Waals surface area contributed by atoms with E-state index < -0.39 is 24.1 Å². The molecule has 184 valence electrons. The number of aliphatic carboxylic acids is 2. The van der Waals surface area contributed by atoms with Crippen molar-refractivity contribution in [1.82, 2.24) is 4.90 Å². The van der Waals surface area contributed by atoms with Gasteiger partial charge in [-0.2, -0.15) is 0 Å². The molecule has 1 aromatic rings. The van der Waals surface area contributed by atoms with Crippen LogP contribution < -0.4 is 0 Å². The topological polar surface area (TPSA) is 202 Å². The van der Waals surface area contributed by atoms with Gasteiger partial charge in [-0.25, -0.2) is 9.59 Å². The maximum atomic E-state index is 9.91. The number of phenols is 1. The van der Waals surface area contributed by atoms with E-state index in [0.717, 1.165) is 12.0 Å². The van der Waals surface area contributed by atoms with Gasteiger partial charge in [-0.3, -0.25) is 0 Å². The highest BCUT2D eigenvalue weighted by molar-refractivity contribution is 5.85. The summed E-state index contributed by atoms with van der Waals surface area (Å²) in [6, 6.07) is 6.85. The van der Waals surface area contributed by atoms with E-state index in [1.807, 2.05) is 6.07 Å². The molecule has 1 saturated heterocycles. The van der Waals surface area contributed by atoms with E-state index in [9.17, 15) is 14.7 Å². The number of fused-ring (bicyclic) bond motifs is 1. The van der Waals surface area contributed by atoms with Gasteiger partial charge in [0.05, 0.1) is 0 Å². The van der Waals surface area contributed by atoms with Crippen molar-refractivity contribution in [2.45, 2.75) is 62.2 Å². The Labute approximate surface area is 192 Å². The van der Waals surface area contributed by atoms with Gasteiger partial charge in [0, 0.05) is 11.5 Å². The largest absolute Gasteiger partial charge is 0.508 e. The second kappa shape index (κ2) is 11.8. The van der Waals surface area contributed by atoms with Crippen LogP contribution >= 0.6 is 12.4 Å². The molecule has 2 aliphatic carbocycles. The predicted molar refractivity (Wildman–Crippen MR) is 118 cm³/mol. The molecular weight excluding hydrogens is 446 g/mol. The molecule has 0 spiro atoms. The van der Waals surface area contributed by atoms with Crippen LogP contribution in [-0.2, 0) is 21.4 Å². The molecule has 2 bridgehead atoms. The smallest absolute Gasteiger partial charge is 0.335 e. The highest BCUT2D eigenvalue weighted by Gasteiger charge is 2.53. The predicted octanol–water partition coefficient (Wildman–Crippen LogP) is -0.270. The van der Waals surface area contributed by atoms with Crippen LogP contribution in [0.25, 0.3) is 0 Å². The number of halogens is 1. The number of piperidine rings is 1. The number of likely N-dealkylation sites (tertiary alicyclic amines) is 1. The van der Waals surface area contributed by atoms with Crippen LogP contribution in [0.2, 0.25) is 0 Å². The number of aliphatic hydroxyl groups is 2. The van der Waals surface area contributed by atoms with Crippen molar-refractivity contribution in [2.75, 3.05) is 13.6 Å². The molecule has 5 atom stereocenters. The SMILES string of the molecule is CN1CC[C@]23CCCC[C@H]2[C@H]1Cc1ccc(O)cc13.Cl.O.O.O=C(O)C(O)C(O)C(=O)O. The van der Waals surface area contributed by atoms with Gasteiger partial charge in [-0.1, -0.05) is 18.9 Å². The fourth-order valence-corrected chi connectivity index (χ4v) is 5.45. The van der Waals surface area contributed by atoms with E-state index in [2.05, 4.69) is 24.1 Å². The summed E-state index contributed by atoms with van der Waals surface area (Å²) in [5, 5.41) is 42.4. The number of benzene rings is 1. The fourth-order valence-electron chi connectivity index (χ4n) is 5.45. The van der Waals surface area contributed by atoms with Crippen molar-refractivity contribution in [2.24, 2.45) is 5.92 Å². The Morgan fingerprint density at radius 3 is 2.22 bits per heavy atom. The molecule has 2 unspecified atom stereocenters. The number of phenolic OH excluding ortho intramolecular Hbond substituents is 1. The molecule has 0 radical (unpaired) electrons. The summed E-state index contributed by atoms with van der Waals surface area (Å²) in [6.45, 7) is 1.22. The van der Waals surface area contributed by atoms with Crippen LogP contribution in [0.15, 0.2) is 18.2 Å². The summed E-state index contributed by atoms with van der Waals surface area (Å²) in [5.41, 5.74) is 3.36. The number of carboxylic acids is 2. The van der Waals surface area contributed by atoms with Crippen LogP contribution in [0.4, 0.5) is 0 Å². The molecule has 1 saturated carbocycles. The number of rotatable bonds is 3. The molecule has 3 aliphatic rings. The van der Waals surface area contributed by atoms with Crippen molar-refractivity contribution in [3.8, 4) is 5.75 Å². The highest BCUT2D eigenvalue weighted by atomic mass is 35.5. The molecule has 32 heavy (non-hydrogen) atoms. The number of likely N-dealkylation sites (N-methyl/N-ethyl adjacent to an activating group) is 1. The molecule has 0 aromatic heterocycles. The average Bonchev–Trinajstić information content (AvgIpc) is 2.70. The second-order valence-electron chi connectivity index (χ2n) is 8.42. The van der Waals surface area contributed by atoms with Gasteiger partial charge in [0.1, 0.15) is 5.75 Å². The number of aliphatic hydroxyl groups excluding tert-OH is 2. The first kappa shape index (κ1) is 30.0. The van der Waals surface area contributed by atoms with Gasteiger partial charge >= 0.3 is 11.9 Å². The van der Waals surface area contributed by atoms with Crippen LogP contribution in [-0.4, -0.2) is 85.2 Å². The molecule has 9 N–H and O–H groups in total. The third kappa shape index (κ3) is 5.51. The van der Waals surface area contributed by atoms with Gasteiger partial charge < -0.3 is 41.4 Å². The molecule has 0 amide bonds. The molecule has 1 heterocycles. The Morgan fingerprint density at radius 2 is 1.66 bits per heavy atom. The Morgan fingerprint density at radius 1 is 1.06 bits per heavy atom. The maximum Gasteiger partial charge on any atom is 0.335 e. The molecule has 2 fully saturated rings. The molecular formula is C21H34ClNO9. The lowest BCUT2D eigenvalue weighted by molar-refractivity contribution is -0.165. The maximum absolute atomic E-state index is 9.91. The summed E-state index contributed by atoms with van der Waals surface area (Å²) in [7, 11) is 2.30. The Bertz CT molecular complexity index is 775. The number of aromatic hydroxyl groups is 1. The van der Waals surface area contributed by atoms with Crippen molar-refractivity contribution in [3.63, 3.8) is 0 Å². The standard InChI is InChI=1S/C17H23NO.C4H6O6.ClH.2H2O/c1-18-9-8-17-7-3-2-4-14(17)16(18)10-12-5-6-13(19)11-15(12)17;5-1(3(7)8)2(6)4(9)10;;;/h5-6,11,14,16,19H,2-4,7-10H2,1H3;1-2,5-6H,(H,7,8)(H,9,10);1H;2*1H2/t14-,16+,17+;;;;/m0..../s1. The van der Waals surface area contributed by atoms with Gasteiger partial charge in [-0.05, 0) is 68.5 Å². The lowest BCUT2D eigenvalue weighted by atomic mass is 9.52. The van der Waals surface area contributed by atoms with Crippen LogP contribution in [0.3, 0.4) is 0 Å². The average molecular weight is 480 g/mol. The number of hydrogen-bond donors (Lipinski definition) is 5. The minimum absolute atomic E-state index is 0. The van der Waals surface area contributed by atoms with E-state index in [0.29, 0.717) is 11.2 Å². The second-order valence-corrected chi connectivity index (χ2v) is 8.42. The van der Waals surface area contributed by atoms with E-state index >= 15 is 0 Å². The van der Waals surface area contributed by atoms with E-state index in [1.165, 1.54) is 56.2 Å². The third-order valence-corrected chi connectivity index (χ3v) is 6.90. The summed E-state index contributed by atoms with van der Waals surface area (Å²) >= 11 is 0. The Balaban J connectivity index is 0.000000651. The molecule has 4 rings (SSSR count). The first-order valence-electron chi connectivity index (χ1n) is 10.0. The minimum atomic E-state index is -2.27. The first-order valence-corrected chi connectivity index (χ1v) is 10.0. The lowest BCUT2D eigenvalue weighted by Crippen LogP contribution is -2.59. The van der Waals surface area contributed by atoms with Gasteiger partial charge in [-0.15, -0.1) is 12.4 Å². The van der Waals surface area contributed by atoms with Crippen LogP contribution in [0, 0.1) is 5.92 Å². The van der Waals surface area contributed by atoms with Crippen molar-refractivity contribution < 1.29 is 46.1 Å². The highest BCUT2D eigenvalue weighted by Crippen LogP contribution is 2.55. The zero-order valence-electron chi connectivity index (χ0n) is 17.9. The van der Waals surface area contributed by atoms with E-state index in [4.69, 9.17) is 20.4 Å². The Hall–Kier alpha value is -1.95. The minimum Gasteiger partial charge on any atom is -0.508 e. The molecule has 1 aliphatic heterocycles. The van der Waals surface area contributed by atoms with E-state index in [-0.39, 0.29) is 23.4 Å². The summed E-state index contributed by atoms with van der Waals surface area (Å²) in [4.78, 5) is 22.1. The Kier molecular flexibility index (Phi) is 11.1. The van der Waals surface area contributed by atoms with Gasteiger partial charge in [0.25, 0.3) is 0 Å². The van der Waals surface area contributed by atoms with Crippen LogP contribution in [0.5, 0.6) is 5.75 Å².